The summed E-state index contributed by atoms with van der Waals surface area (Å²) in [7, 11) is -11.8. The second-order valence-electron chi connectivity index (χ2n) is 12.5. The molecule has 274 valence electrons. The van der Waals surface area contributed by atoms with Crippen molar-refractivity contribution >= 4 is 27.8 Å². The minimum atomic E-state index is -4.00. The van der Waals surface area contributed by atoms with Crippen molar-refractivity contribution in [3.8, 4) is 11.1 Å². The average molecular weight is 755 g/mol. The lowest BCUT2D eigenvalue weighted by atomic mass is 10.0. The molecule has 4 aromatic rings. The third-order valence-electron chi connectivity index (χ3n) is 8.61. The van der Waals surface area contributed by atoms with Crippen molar-refractivity contribution in [2.45, 2.75) is 63.4 Å². The number of pyridine rings is 1. The van der Waals surface area contributed by atoms with Crippen LogP contribution in [0.25, 0.3) is 11.1 Å². The normalized spacial score (nSPS) is 16.5. The summed E-state index contributed by atoms with van der Waals surface area (Å²) in [5.41, 5.74) is 4.49. The molecule has 0 aliphatic carbocycles. The highest BCUT2D eigenvalue weighted by Gasteiger charge is 2.35. The molecule has 2 bridgehead atoms. The summed E-state index contributed by atoms with van der Waals surface area (Å²) in [5.74, 6) is 0. The Labute approximate surface area is 302 Å². The molecule has 14 heteroatoms. The topological polar surface area (TPSA) is 126 Å². The van der Waals surface area contributed by atoms with E-state index >= 15 is 0 Å². The van der Waals surface area contributed by atoms with E-state index in [1.807, 2.05) is 56.3 Å². The number of aryl methyl sites for hydroxylation is 2. The van der Waals surface area contributed by atoms with Gasteiger partial charge in [0.15, 0.2) is 0 Å². The monoisotopic (exact) mass is 754 g/mol. The van der Waals surface area contributed by atoms with Gasteiger partial charge in [-0.3, -0.25) is 14.0 Å². The first kappa shape index (κ1) is 39.0. The lowest BCUT2D eigenvalue weighted by Crippen LogP contribution is -2.37. The smallest absolute Gasteiger partial charge is 0.297 e. The Morgan fingerprint density at radius 2 is 1.06 bits per heavy atom. The van der Waals surface area contributed by atoms with Gasteiger partial charge in [0.25, 0.3) is 0 Å². The molecule has 1 aliphatic heterocycles. The van der Waals surface area contributed by atoms with Gasteiger partial charge in [0, 0.05) is 26.2 Å². The van der Waals surface area contributed by atoms with Gasteiger partial charge in [0.1, 0.15) is 0 Å². The second-order valence-corrected chi connectivity index (χ2v) is 18.4. The number of benzene rings is 3. The maximum atomic E-state index is 14.2. The van der Waals surface area contributed by atoms with Gasteiger partial charge in [0.05, 0.1) is 47.5 Å². The Balaban J connectivity index is 1.63. The Bertz CT molecular complexity index is 1910. The Morgan fingerprint density at radius 3 is 1.47 bits per heavy atom. The van der Waals surface area contributed by atoms with E-state index < -0.39 is 27.8 Å². The van der Waals surface area contributed by atoms with Gasteiger partial charge in [-0.2, -0.15) is 8.61 Å². The molecule has 0 spiro atoms. The minimum absolute atomic E-state index is 0.0663. The van der Waals surface area contributed by atoms with Crippen LogP contribution in [0.15, 0.2) is 101 Å². The van der Waals surface area contributed by atoms with Crippen LogP contribution in [0.1, 0.15) is 49.2 Å². The zero-order valence-corrected chi connectivity index (χ0v) is 32.2. The molecule has 51 heavy (non-hydrogen) atoms. The highest BCUT2D eigenvalue weighted by Crippen LogP contribution is 2.52. The Morgan fingerprint density at radius 1 is 0.627 bits per heavy atom. The van der Waals surface area contributed by atoms with Crippen LogP contribution in [0, 0.1) is 13.8 Å². The summed E-state index contributed by atoms with van der Waals surface area (Å²) in [6.07, 6.45) is 0.595. The molecular weight excluding hydrogens is 708 g/mol. The van der Waals surface area contributed by atoms with Crippen LogP contribution in [0.4, 0.5) is 0 Å². The van der Waals surface area contributed by atoms with Crippen LogP contribution in [0.5, 0.6) is 0 Å². The van der Waals surface area contributed by atoms with E-state index in [9.17, 15) is 21.4 Å². The van der Waals surface area contributed by atoms with E-state index in [1.54, 1.807) is 67.0 Å². The molecule has 11 nitrogen and oxygen atoms in total. The maximum Gasteiger partial charge on any atom is 0.408 e. The van der Waals surface area contributed by atoms with E-state index in [1.165, 1.54) is 8.61 Å². The largest absolute Gasteiger partial charge is 0.408 e. The maximum absolute atomic E-state index is 14.2. The number of rotatable bonds is 10. The molecule has 5 rings (SSSR count). The number of aromatic nitrogens is 1. The molecule has 3 aromatic carbocycles. The van der Waals surface area contributed by atoms with Crippen LogP contribution >= 0.6 is 7.75 Å². The van der Waals surface area contributed by atoms with Crippen molar-refractivity contribution in [3.63, 3.8) is 0 Å². The van der Waals surface area contributed by atoms with Gasteiger partial charge in [0.2, 0.25) is 20.0 Å². The van der Waals surface area contributed by atoms with Gasteiger partial charge in [-0.05, 0) is 88.1 Å². The quantitative estimate of drug-likeness (QED) is 0.157. The zero-order valence-electron chi connectivity index (χ0n) is 29.6. The molecule has 0 saturated carbocycles. The fraction of sp³-hybridized carbons (Fsp3) is 0.378. The van der Waals surface area contributed by atoms with Gasteiger partial charge in [-0.15, -0.1) is 0 Å². The molecule has 0 atom stereocenters. The number of fused-ring (bicyclic) bond motifs is 2. The van der Waals surface area contributed by atoms with Gasteiger partial charge >= 0.3 is 7.75 Å². The number of nitrogens with zero attached hydrogens (tertiary/aromatic N) is 4. The third kappa shape index (κ3) is 9.60. The summed E-state index contributed by atoms with van der Waals surface area (Å²) in [4.78, 5) is 5.18. The molecule has 0 radical (unpaired) electrons. The first-order valence-electron chi connectivity index (χ1n) is 17.2. The first-order valence-corrected chi connectivity index (χ1v) is 21.6. The summed E-state index contributed by atoms with van der Waals surface area (Å²) in [6, 6.07) is 26.7. The van der Waals surface area contributed by atoms with Crippen molar-refractivity contribution < 1.29 is 30.4 Å². The third-order valence-corrected chi connectivity index (χ3v) is 14.6. The van der Waals surface area contributed by atoms with E-state index in [0.717, 1.165) is 22.3 Å². The number of hydrogen-bond donors (Lipinski definition) is 0. The van der Waals surface area contributed by atoms with Crippen LogP contribution < -0.4 is 0 Å². The number of hydrogen-bond acceptors (Lipinski definition) is 8. The average Bonchev–Trinajstić information content (AvgIpc) is 3.10. The van der Waals surface area contributed by atoms with Gasteiger partial charge < -0.3 is 0 Å². The zero-order chi connectivity index (χ0) is 36.6. The van der Waals surface area contributed by atoms with Crippen LogP contribution in [-0.4, -0.2) is 74.5 Å². The summed E-state index contributed by atoms with van der Waals surface area (Å²) in [5, 5.41) is 0. The molecular formula is C37H47N4O7PS2. The molecule has 2 heterocycles. The lowest BCUT2D eigenvalue weighted by Gasteiger charge is -2.32. The molecule has 1 aliphatic rings. The van der Waals surface area contributed by atoms with Crippen LogP contribution in [0.3, 0.4) is 0 Å². The van der Waals surface area contributed by atoms with E-state index in [-0.39, 0.29) is 62.3 Å². The van der Waals surface area contributed by atoms with Gasteiger partial charge in [-0.25, -0.2) is 26.1 Å². The van der Waals surface area contributed by atoms with Gasteiger partial charge in [-0.1, -0.05) is 65.7 Å². The van der Waals surface area contributed by atoms with E-state index in [2.05, 4.69) is 0 Å². The Hall–Kier alpha value is -3.26. The van der Waals surface area contributed by atoms with E-state index in [0.29, 0.717) is 24.2 Å². The fourth-order valence-corrected chi connectivity index (χ4v) is 10.7. The first-order chi connectivity index (χ1) is 24.4. The highest BCUT2D eigenvalue weighted by molar-refractivity contribution is 7.89. The fourth-order valence-electron chi connectivity index (χ4n) is 6.00. The minimum Gasteiger partial charge on any atom is -0.297 e. The molecule has 0 N–H and O–H groups in total. The molecule has 0 unspecified atom stereocenters. The lowest BCUT2D eigenvalue weighted by molar-refractivity contribution is 0.163. The van der Waals surface area contributed by atoms with E-state index in [4.69, 9.17) is 14.0 Å². The predicted octanol–water partition coefficient (Wildman–Crippen LogP) is 7.02. The summed E-state index contributed by atoms with van der Waals surface area (Å²) in [6.45, 7) is 7.96. The second kappa shape index (κ2) is 17.0. The Kier molecular flexibility index (Phi) is 13.0. The van der Waals surface area contributed by atoms with Crippen LogP contribution in [0.2, 0.25) is 0 Å². The van der Waals surface area contributed by atoms with Crippen molar-refractivity contribution in [2.24, 2.45) is 0 Å². The summed E-state index contributed by atoms with van der Waals surface area (Å²) >= 11 is 0. The van der Waals surface area contributed by atoms with Crippen LogP contribution in [-0.2, 0) is 46.7 Å². The SMILES string of the molecule is CCOP(=O)(OCC)N1CCCN(S(=O)(=O)c2ccc(C)cc2)Cc2cc(-c3ccccc3)cc(n2)CN(S(=O)(=O)c2ccc(C)cc2)CCC1. The van der Waals surface area contributed by atoms with Crippen molar-refractivity contribution in [2.75, 3.05) is 39.4 Å². The van der Waals surface area contributed by atoms with Crippen molar-refractivity contribution in [1.82, 2.24) is 18.3 Å². The van der Waals surface area contributed by atoms with Crippen molar-refractivity contribution in [1.29, 1.82) is 0 Å². The molecule has 0 amide bonds. The number of sulfonamides is 2. The van der Waals surface area contributed by atoms with Crippen molar-refractivity contribution in [3.05, 3.63) is 114 Å². The molecule has 1 aromatic heterocycles. The molecule has 0 saturated heterocycles. The highest BCUT2D eigenvalue weighted by atomic mass is 32.2. The predicted molar refractivity (Wildman–Crippen MR) is 199 cm³/mol. The summed E-state index contributed by atoms with van der Waals surface area (Å²) < 4.78 is 86.8. The molecule has 0 fully saturated rings. The standard InChI is InChI=1S/C37H47N4O7PS2/c1-5-47-49(42,48-6-2)39-22-10-24-40(50(43,44)36-18-14-30(3)15-19-36)28-34-26-33(32-12-8-7-9-13-32)27-35(38-34)29-41(25-11-23-39)51(45,46)37-20-16-31(4)17-21-37/h7-9,12-21,26-27H,5-6,10-11,22-25,28-29H2,1-4H3.